The van der Waals surface area contributed by atoms with E-state index in [1.54, 1.807) is 6.07 Å². The van der Waals surface area contributed by atoms with Crippen molar-refractivity contribution < 1.29 is 9.66 Å². The molecule has 0 aliphatic heterocycles. The molecule has 0 amide bonds. The fourth-order valence-electron chi connectivity index (χ4n) is 1.09. The number of aromatic nitrogens is 1. The van der Waals surface area contributed by atoms with Gasteiger partial charge in [0, 0.05) is 20.5 Å². The van der Waals surface area contributed by atoms with Crippen LogP contribution in [0, 0.1) is 13.7 Å². The minimum atomic E-state index is -0.371. The van der Waals surface area contributed by atoms with Gasteiger partial charge in [0.15, 0.2) is 0 Å². The molecular weight excluding hydrogens is 334 g/mol. The van der Waals surface area contributed by atoms with E-state index in [0.29, 0.717) is 17.5 Å². The molecule has 0 saturated heterocycles. The number of pyridine rings is 1. The first kappa shape index (κ1) is 12.4. The Morgan fingerprint density at radius 3 is 2.93 bits per heavy atom. The van der Waals surface area contributed by atoms with Crippen molar-refractivity contribution in [3.05, 3.63) is 30.5 Å². The van der Waals surface area contributed by atoms with E-state index in [9.17, 15) is 10.1 Å². The summed E-state index contributed by atoms with van der Waals surface area (Å²) in [5.41, 5.74) is 0.721. The number of ether oxygens (including phenoxy) is 1. The molecule has 0 radical (unpaired) electrons. The third kappa shape index (κ3) is 3.45. The fourth-order valence-corrected chi connectivity index (χ4v) is 2.25. The molecule has 0 atom stereocenters. The quantitative estimate of drug-likeness (QED) is 0.364. The van der Waals surface area contributed by atoms with Crippen LogP contribution in [0.25, 0.3) is 0 Å². The highest BCUT2D eigenvalue weighted by Gasteiger charge is 2.13. The summed E-state index contributed by atoms with van der Waals surface area (Å²) in [7, 11) is 1.46. The Morgan fingerprint density at radius 2 is 2.40 bits per heavy atom. The predicted octanol–water partition coefficient (Wildman–Crippen LogP) is 2.17. The highest BCUT2D eigenvalue weighted by molar-refractivity contribution is 14.1. The summed E-state index contributed by atoms with van der Waals surface area (Å²) in [5.74, 6) is 0.355. The molecule has 82 valence electrons. The molecule has 1 aromatic heterocycles. The molecule has 1 heterocycles. The van der Waals surface area contributed by atoms with Crippen molar-refractivity contribution in [3.8, 4) is 5.88 Å². The van der Waals surface area contributed by atoms with Gasteiger partial charge in [-0.05, 0) is 28.7 Å². The van der Waals surface area contributed by atoms with Crippen molar-refractivity contribution in [1.82, 2.24) is 4.98 Å². The van der Waals surface area contributed by atoms with Gasteiger partial charge in [-0.15, -0.1) is 0 Å². The minimum Gasteiger partial charge on any atom is -0.481 e. The van der Waals surface area contributed by atoms with E-state index < -0.39 is 0 Å². The van der Waals surface area contributed by atoms with Crippen molar-refractivity contribution in [2.45, 2.75) is 6.42 Å². The maximum Gasteiger partial charge on any atom is 0.219 e. The number of nitrogens with zero attached hydrogens (tertiary/aromatic N) is 2. The van der Waals surface area contributed by atoms with E-state index in [1.807, 2.05) is 0 Å². The molecule has 0 N–H and O–H groups in total. The number of nitro groups is 1. The van der Waals surface area contributed by atoms with E-state index in [2.05, 4.69) is 27.6 Å². The van der Waals surface area contributed by atoms with Gasteiger partial charge in [-0.2, -0.15) is 0 Å². The third-order valence-corrected chi connectivity index (χ3v) is 2.89. The number of hydrogen-bond acceptors (Lipinski definition) is 4. The van der Waals surface area contributed by atoms with Crippen LogP contribution in [0.2, 0.25) is 5.15 Å². The van der Waals surface area contributed by atoms with Crippen molar-refractivity contribution in [2.24, 2.45) is 0 Å². The lowest BCUT2D eigenvalue weighted by Gasteiger charge is -2.08. The van der Waals surface area contributed by atoms with Crippen molar-refractivity contribution >= 4 is 34.2 Å². The van der Waals surface area contributed by atoms with Gasteiger partial charge in [-0.25, -0.2) is 4.98 Å². The van der Waals surface area contributed by atoms with Gasteiger partial charge in [-0.1, -0.05) is 11.6 Å². The summed E-state index contributed by atoms with van der Waals surface area (Å²) in [4.78, 5) is 13.8. The normalized spacial score (nSPS) is 10.1. The van der Waals surface area contributed by atoms with Gasteiger partial charge in [-0.3, -0.25) is 10.1 Å². The third-order valence-electron chi connectivity index (χ3n) is 1.74. The molecule has 15 heavy (non-hydrogen) atoms. The summed E-state index contributed by atoms with van der Waals surface area (Å²) in [6.45, 7) is -0.143. The minimum absolute atomic E-state index is 0.143. The summed E-state index contributed by atoms with van der Waals surface area (Å²) in [6.07, 6.45) is 0.290. The largest absolute Gasteiger partial charge is 0.481 e. The van der Waals surface area contributed by atoms with Crippen LogP contribution in [0.5, 0.6) is 5.88 Å². The highest BCUT2D eigenvalue weighted by Crippen LogP contribution is 2.25. The number of halogens is 2. The van der Waals surface area contributed by atoms with Gasteiger partial charge < -0.3 is 4.74 Å². The second-order valence-corrected chi connectivity index (χ2v) is 4.27. The predicted molar refractivity (Wildman–Crippen MR) is 64.1 cm³/mol. The molecule has 0 spiro atoms. The molecule has 1 aromatic rings. The molecule has 0 aliphatic carbocycles. The molecule has 0 saturated carbocycles. The van der Waals surface area contributed by atoms with E-state index in [1.165, 1.54) is 7.11 Å². The Morgan fingerprint density at radius 1 is 1.73 bits per heavy atom. The first-order valence-corrected chi connectivity index (χ1v) is 5.51. The van der Waals surface area contributed by atoms with Crippen molar-refractivity contribution in [3.63, 3.8) is 0 Å². The standard InChI is InChI=1S/C8H8ClIN2O3/c1-15-8-5(2-3-12(13)14)6(10)4-7(9)11-8/h4H,2-3H2,1H3. The van der Waals surface area contributed by atoms with E-state index >= 15 is 0 Å². The van der Waals surface area contributed by atoms with Crippen molar-refractivity contribution in [1.29, 1.82) is 0 Å². The summed E-state index contributed by atoms with van der Waals surface area (Å²) in [6, 6.07) is 1.65. The summed E-state index contributed by atoms with van der Waals surface area (Å²) in [5, 5.41) is 10.6. The van der Waals surface area contributed by atoms with Crippen molar-refractivity contribution in [2.75, 3.05) is 13.7 Å². The topological polar surface area (TPSA) is 65.3 Å². The molecule has 0 aromatic carbocycles. The van der Waals surface area contributed by atoms with Crippen LogP contribution in [0.15, 0.2) is 6.07 Å². The van der Waals surface area contributed by atoms with Gasteiger partial charge in [0.25, 0.3) is 0 Å². The van der Waals surface area contributed by atoms with Gasteiger partial charge >= 0.3 is 0 Å². The molecule has 7 heteroatoms. The average Bonchev–Trinajstić information content (AvgIpc) is 2.14. The zero-order valence-electron chi connectivity index (χ0n) is 7.87. The molecule has 0 fully saturated rings. The van der Waals surface area contributed by atoms with Crippen LogP contribution in [0.4, 0.5) is 0 Å². The lowest BCUT2D eigenvalue weighted by atomic mass is 10.2. The second-order valence-electron chi connectivity index (χ2n) is 2.72. The monoisotopic (exact) mass is 342 g/mol. The summed E-state index contributed by atoms with van der Waals surface area (Å²) >= 11 is 7.79. The van der Waals surface area contributed by atoms with Crippen LogP contribution in [0.1, 0.15) is 5.56 Å². The highest BCUT2D eigenvalue weighted by atomic mass is 127. The first-order valence-electron chi connectivity index (χ1n) is 4.05. The number of rotatable bonds is 4. The van der Waals surface area contributed by atoms with E-state index in [4.69, 9.17) is 16.3 Å². The number of methoxy groups -OCH3 is 1. The second kappa shape index (κ2) is 5.45. The molecule has 5 nitrogen and oxygen atoms in total. The van der Waals surface area contributed by atoms with Crippen LogP contribution < -0.4 is 4.74 Å². The molecular formula is C8H8ClIN2O3. The molecule has 1 rings (SSSR count). The SMILES string of the molecule is COc1nc(Cl)cc(I)c1CC[N+](=O)[O-]. The number of hydrogen-bond donors (Lipinski definition) is 0. The molecule has 0 bridgehead atoms. The van der Waals surface area contributed by atoms with Gasteiger partial charge in [0.1, 0.15) is 5.15 Å². The van der Waals surface area contributed by atoms with Gasteiger partial charge in [0.05, 0.1) is 7.11 Å². The summed E-state index contributed by atoms with van der Waals surface area (Å²) < 4.78 is 5.84. The maximum atomic E-state index is 10.3. The average molecular weight is 343 g/mol. The molecule has 0 aliphatic rings. The zero-order chi connectivity index (χ0) is 11.4. The fraction of sp³-hybridized carbons (Fsp3) is 0.375. The maximum absolute atomic E-state index is 10.3. The zero-order valence-corrected chi connectivity index (χ0v) is 10.8. The lowest BCUT2D eigenvalue weighted by molar-refractivity contribution is -0.479. The van der Waals surface area contributed by atoms with Gasteiger partial charge in [0.2, 0.25) is 12.4 Å². The smallest absolute Gasteiger partial charge is 0.219 e. The van der Waals surface area contributed by atoms with Crippen LogP contribution in [-0.2, 0) is 6.42 Å². The lowest BCUT2D eigenvalue weighted by Crippen LogP contribution is -2.07. The Labute approximate surface area is 105 Å². The first-order chi connectivity index (χ1) is 7.04. The van der Waals surface area contributed by atoms with Crippen LogP contribution in [0.3, 0.4) is 0 Å². The molecule has 0 unspecified atom stereocenters. The Hall–Kier alpha value is -0.630. The van der Waals surface area contributed by atoms with E-state index in [0.717, 1.165) is 9.13 Å². The Kier molecular flexibility index (Phi) is 4.52. The van der Waals surface area contributed by atoms with E-state index in [-0.39, 0.29) is 11.5 Å². The van der Waals surface area contributed by atoms with Crippen LogP contribution >= 0.6 is 34.2 Å². The Bertz CT molecular complexity index is 386. The Balaban J connectivity index is 2.98. The van der Waals surface area contributed by atoms with Crippen LogP contribution in [-0.4, -0.2) is 23.6 Å².